The summed E-state index contributed by atoms with van der Waals surface area (Å²) in [6, 6.07) is 12.3. The van der Waals surface area contributed by atoms with Crippen molar-refractivity contribution in [2.45, 2.75) is 13.3 Å². The molecule has 86 valence electrons. The minimum Gasteiger partial charge on any atom is -0.307 e. The van der Waals surface area contributed by atoms with Crippen LogP contribution >= 0.6 is 0 Å². The summed E-state index contributed by atoms with van der Waals surface area (Å²) in [4.78, 5) is 4.57. The number of aromatic nitrogens is 1. The first-order valence-electron chi connectivity index (χ1n) is 5.91. The zero-order chi connectivity index (χ0) is 11.9. The van der Waals surface area contributed by atoms with Gasteiger partial charge in [0.2, 0.25) is 0 Å². The normalized spacial score (nSPS) is 9.94. The molecule has 1 heterocycles. The molecule has 0 amide bonds. The molecule has 0 aliphatic rings. The van der Waals surface area contributed by atoms with E-state index in [1.165, 1.54) is 5.39 Å². The number of para-hydroxylation sites is 1. The highest BCUT2D eigenvalue weighted by Crippen LogP contribution is 2.11. The lowest BCUT2D eigenvalue weighted by atomic mass is 10.2. The van der Waals surface area contributed by atoms with Gasteiger partial charge in [-0.2, -0.15) is 0 Å². The second kappa shape index (κ2) is 6.03. The Morgan fingerprint density at radius 1 is 1.12 bits per heavy atom. The van der Waals surface area contributed by atoms with Gasteiger partial charge in [-0.25, -0.2) is 0 Å². The fourth-order valence-corrected chi connectivity index (χ4v) is 1.61. The van der Waals surface area contributed by atoms with E-state index >= 15 is 0 Å². The molecule has 0 atom stereocenters. The van der Waals surface area contributed by atoms with Crippen LogP contribution in [0.4, 0.5) is 0 Å². The highest BCUT2D eigenvalue weighted by Gasteiger charge is 1.95. The average Bonchev–Trinajstić information content (AvgIpc) is 2.38. The van der Waals surface area contributed by atoms with Gasteiger partial charge in [0.25, 0.3) is 0 Å². The molecule has 0 saturated heterocycles. The maximum atomic E-state index is 4.57. The second-order valence-corrected chi connectivity index (χ2v) is 3.81. The van der Waals surface area contributed by atoms with Crippen molar-refractivity contribution >= 4 is 10.9 Å². The molecule has 0 aliphatic heterocycles. The number of hydrogen-bond donors (Lipinski definition) is 1. The third kappa shape index (κ3) is 3.30. The minimum atomic E-state index is 0.718. The maximum absolute atomic E-state index is 4.57. The summed E-state index contributed by atoms with van der Waals surface area (Å²) in [6.07, 6.45) is 0.718. The predicted octanol–water partition coefficient (Wildman–Crippen LogP) is 2.39. The van der Waals surface area contributed by atoms with Gasteiger partial charge in [-0.15, -0.1) is 0 Å². The summed E-state index contributed by atoms with van der Waals surface area (Å²) >= 11 is 0. The van der Waals surface area contributed by atoms with Crippen LogP contribution in [-0.4, -0.2) is 18.1 Å². The largest absolute Gasteiger partial charge is 0.307 e. The summed E-state index contributed by atoms with van der Waals surface area (Å²) in [5.41, 5.74) is 2.08. The van der Waals surface area contributed by atoms with Crippen LogP contribution in [0.5, 0.6) is 0 Å². The smallest absolute Gasteiger partial charge is 0.0705 e. The SMILES string of the molecule is CCNCC#CCc1ccc2ccccc2n1. The Bertz CT molecular complexity index is 549. The Morgan fingerprint density at radius 2 is 2.00 bits per heavy atom. The van der Waals surface area contributed by atoms with Gasteiger partial charge in [-0.05, 0) is 18.7 Å². The molecular weight excluding hydrogens is 208 g/mol. The Labute approximate surface area is 102 Å². The van der Waals surface area contributed by atoms with Crippen molar-refractivity contribution in [3.63, 3.8) is 0 Å². The third-order valence-corrected chi connectivity index (χ3v) is 2.51. The Morgan fingerprint density at radius 3 is 2.88 bits per heavy atom. The molecular formula is C15H16N2. The van der Waals surface area contributed by atoms with E-state index in [1.807, 2.05) is 24.3 Å². The molecule has 1 aromatic heterocycles. The van der Waals surface area contributed by atoms with E-state index in [0.717, 1.165) is 30.7 Å². The summed E-state index contributed by atoms with van der Waals surface area (Å²) in [5, 5.41) is 4.35. The molecule has 1 aromatic carbocycles. The van der Waals surface area contributed by atoms with E-state index in [1.54, 1.807) is 0 Å². The second-order valence-electron chi connectivity index (χ2n) is 3.81. The van der Waals surface area contributed by atoms with Crippen molar-refractivity contribution in [1.82, 2.24) is 10.3 Å². The van der Waals surface area contributed by atoms with Crippen LogP contribution in [0.2, 0.25) is 0 Å². The van der Waals surface area contributed by atoms with Gasteiger partial charge in [-0.3, -0.25) is 4.98 Å². The van der Waals surface area contributed by atoms with Crippen LogP contribution in [-0.2, 0) is 6.42 Å². The Balaban J connectivity index is 2.06. The van der Waals surface area contributed by atoms with Crippen molar-refractivity contribution in [1.29, 1.82) is 0 Å². The Kier molecular flexibility index (Phi) is 4.12. The first kappa shape index (κ1) is 11.6. The van der Waals surface area contributed by atoms with Gasteiger partial charge in [-0.1, -0.05) is 43.0 Å². The van der Waals surface area contributed by atoms with Crippen LogP contribution in [0.3, 0.4) is 0 Å². The van der Waals surface area contributed by atoms with Crippen molar-refractivity contribution in [2.75, 3.05) is 13.1 Å². The van der Waals surface area contributed by atoms with Gasteiger partial charge in [0, 0.05) is 5.39 Å². The molecule has 17 heavy (non-hydrogen) atoms. The number of pyridine rings is 1. The topological polar surface area (TPSA) is 24.9 Å². The van der Waals surface area contributed by atoms with Crippen molar-refractivity contribution in [3.05, 3.63) is 42.1 Å². The van der Waals surface area contributed by atoms with Crippen molar-refractivity contribution < 1.29 is 0 Å². The molecule has 2 rings (SSSR count). The van der Waals surface area contributed by atoms with Crippen LogP contribution in [0, 0.1) is 11.8 Å². The van der Waals surface area contributed by atoms with Gasteiger partial charge < -0.3 is 5.32 Å². The predicted molar refractivity (Wildman–Crippen MR) is 71.8 cm³/mol. The maximum Gasteiger partial charge on any atom is 0.0705 e. The van der Waals surface area contributed by atoms with Gasteiger partial charge in [0.05, 0.1) is 24.2 Å². The summed E-state index contributed by atoms with van der Waals surface area (Å²) in [6.45, 7) is 3.79. The van der Waals surface area contributed by atoms with Gasteiger partial charge in [0.15, 0.2) is 0 Å². The standard InChI is InChI=1S/C15H16N2/c1-2-16-12-6-5-8-14-11-10-13-7-3-4-9-15(13)17-14/h3-4,7,9-11,16H,2,8,12H2,1H3. The molecule has 0 bridgehead atoms. The van der Waals surface area contributed by atoms with Crippen LogP contribution in [0.15, 0.2) is 36.4 Å². The zero-order valence-electron chi connectivity index (χ0n) is 10.0. The number of rotatable bonds is 3. The van der Waals surface area contributed by atoms with Crippen molar-refractivity contribution in [2.24, 2.45) is 0 Å². The quantitative estimate of drug-likeness (QED) is 0.639. The van der Waals surface area contributed by atoms with Crippen LogP contribution in [0.1, 0.15) is 12.6 Å². The molecule has 0 unspecified atom stereocenters. The van der Waals surface area contributed by atoms with E-state index in [2.05, 4.69) is 41.2 Å². The molecule has 0 spiro atoms. The van der Waals surface area contributed by atoms with Gasteiger partial charge >= 0.3 is 0 Å². The summed E-state index contributed by atoms with van der Waals surface area (Å²) < 4.78 is 0. The van der Waals surface area contributed by atoms with E-state index in [9.17, 15) is 0 Å². The molecule has 2 aromatic rings. The first-order chi connectivity index (χ1) is 8.40. The number of fused-ring (bicyclic) bond motifs is 1. The lowest BCUT2D eigenvalue weighted by Crippen LogP contribution is -2.11. The number of nitrogens with one attached hydrogen (secondary N) is 1. The molecule has 0 saturated carbocycles. The fourth-order valence-electron chi connectivity index (χ4n) is 1.61. The third-order valence-electron chi connectivity index (χ3n) is 2.51. The van der Waals surface area contributed by atoms with E-state index in [4.69, 9.17) is 0 Å². The number of benzene rings is 1. The fraction of sp³-hybridized carbons (Fsp3) is 0.267. The molecule has 0 aliphatic carbocycles. The monoisotopic (exact) mass is 224 g/mol. The molecule has 2 nitrogen and oxygen atoms in total. The molecule has 1 N–H and O–H groups in total. The van der Waals surface area contributed by atoms with Crippen LogP contribution < -0.4 is 5.32 Å². The highest BCUT2D eigenvalue weighted by molar-refractivity contribution is 5.78. The lowest BCUT2D eigenvalue weighted by Gasteiger charge is -1.98. The summed E-state index contributed by atoms with van der Waals surface area (Å²) in [5.74, 6) is 6.21. The molecule has 0 radical (unpaired) electrons. The van der Waals surface area contributed by atoms with E-state index in [-0.39, 0.29) is 0 Å². The number of hydrogen-bond acceptors (Lipinski definition) is 2. The molecule has 2 heteroatoms. The van der Waals surface area contributed by atoms with Crippen LogP contribution in [0.25, 0.3) is 10.9 Å². The van der Waals surface area contributed by atoms with Gasteiger partial charge in [0.1, 0.15) is 0 Å². The lowest BCUT2D eigenvalue weighted by molar-refractivity contribution is 0.810. The zero-order valence-corrected chi connectivity index (χ0v) is 10.0. The van der Waals surface area contributed by atoms with E-state index in [0.29, 0.717) is 0 Å². The van der Waals surface area contributed by atoms with E-state index < -0.39 is 0 Å². The first-order valence-corrected chi connectivity index (χ1v) is 5.91. The Hall–Kier alpha value is -1.85. The highest BCUT2D eigenvalue weighted by atomic mass is 14.8. The molecule has 0 fully saturated rings. The van der Waals surface area contributed by atoms with Crippen molar-refractivity contribution in [3.8, 4) is 11.8 Å². The average molecular weight is 224 g/mol. The summed E-state index contributed by atoms with van der Waals surface area (Å²) in [7, 11) is 0. The minimum absolute atomic E-state index is 0.718. The number of nitrogens with zero attached hydrogens (tertiary/aromatic N) is 1.